The fourth-order valence-electron chi connectivity index (χ4n) is 8.94. The fourth-order valence-corrected chi connectivity index (χ4v) is 8.94. The lowest BCUT2D eigenvalue weighted by atomic mass is 9.73. The third-order valence-electron chi connectivity index (χ3n) is 11.3. The van der Waals surface area contributed by atoms with Gasteiger partial charge in [0.15, 0.2) is 0 Å². The second-order valence-electron chi connectivity index (χ2n) is 14.6. The van der Waals surface area contributed by atoms with E-state index in [9.17, 15) is 0 Å². The van der Waals surface area contributed by atoms with Gasteiger partial charge in [-0.05, 0) is 92.7 Å². The Morgan fingerprint density at radius 3 is 1.96 bits per heavy atom. The van der Waals surface area contributed by atoms with Gasteiger partial charge in [-0.2, -0.15) is 0 Å². The van der Waals surface area contributed by atoms with E-state index in [2.05, 4.69) is 183 Å². The first-order valence-electron chi connectivity index (χ1n) is 17.0. The number of rotatable bonds is 2. The lowest BCUT2D eigenvalue weighted by Crippen LogP contribution is -2.30. The van der Waals surface area contributed by atoms with Crippen molar-refractivity contribution in [2.45, 2.75) is 38.5 Å². The number of hydrogen-bond acceptors (Lipinski definition) is 1. The summed E-state index contributed by atoms with van der Waals surface area (Å²) in [4.78, 5) is 2.53. The van der Waals surface area contributed by atoms with Crippen LogP contribution in [0.25, 0.3) is 49.4 Å². The summed E-state index contributed by atoms with van der Waals surface area (Å²) in [6.07, 6.45) is 0. The summed E-state index contributed by atoms with van der Waals surface area (Å²) in [7, 11) is 0. The minimum Gasteiger partial charge on any atom is -0.310 e. The van der Waals surface area contributed by atoms with Gasteiger partial charge >= 0.3 is 0 Å². The van der Waals surface area contributed by atoms with Crippen molar-refractivity contribution in [3.8, 4) is 16.8 Å². The smallest absolute Gasteiger partial charge is 0.0547 e. The van der Waals surface area contributed by atoms with Crippen molar-refractivity contribution in [1.82, 2.24) is 4.57 Å². The van der Waals surface area contributed by atoms with Gasteiger partial charge in [0, 0.05) is 33.0 Å². The van der Waals surface area contributed by atoms with Gasteiger partial charge in [-0.25, -0.2) is 0 Å². The Bertz CT molecular complexity index is 2620. The van der Waals surface area contributed by atoms with Crippen LogP contribution in [0.5, 0.6) is 0 Å². The number of para-hydroxylation sites is 2. The number of anilines is 3. The highest BCUT2D eigenvalue weighted by atomic mass is 15.2. The van der Waals surface area contributed by atoms with E-state index >= 15 is 0 Å². The molecule has 0 radical (unpaired) electrons. The Balaban J connectivity index is 1.31. The highest BCUT2D eigenvalue weighted by molar-refractivity contribution is 6.22. The molecule has 10 rings (SSSR count). The van der Waals surface area contributed by atoms with Crippen LogP contribution in [0.1, 0.15) is 49.9 Å². The van der Waals surface area contributed by atoms with Crippen molar-refractivity contribution < 1.29 is 0 Å². The zero-order valence-electron chi connectivity index (χ0n) is 27.8. The van der Waals surface area contributed by atoms with Gasteiger partial charge in [0.25, 0.3) is 0 Å². The molecule has 1 aromatic heterocycles. The first kappa shape index (κ1) is 27.5. The SMILES string of the molecule is CC1(C)c2ccccc2-c2ccc(N3c4ccccc4C(C)(C)c4cc5c(cc43)c3c4ccccc4ccc3n5-c3ccccc3)cc21. The normalized spacial score (nSPS) is 15.4. The zero-order valence-corrected chi connectivity index (χ0v) is 27.8. The topological polar surface area (TPSA) is 8.17 Å². The lowest BCUT2D eigenvalue weighted by molar-refractivity contribution is 0.632. The van der Waals surface area contributed by atoms with Gasteiger partial charge in [0.05, 0.1) is 22.4 Å². The molecule has 0 fully saturated rings. The van der Waals surface area contributed by atoms with Crippen LogP contribution in [0.4, 0.5) is 17.1 Å². The molecule has 0 saturated heterocycles. The maximum absolute atomic E-state index is 2.53. The van der Waals surface area contributed by atoms with Gasteiger partial charge < -0.3 is 9.47 Å². The van der Waals surface area contributed by atoms with Crippen LogP contribution in [0.15, 0.2) is 146 Å². The summed E-state index contributed by atoms with van der Waals surface area (Å²) in [5.41, 5.74) is 15.2. The molecule has 0 unspecified atom stereocenters. The summed E-state index contributed by atoms with van der Waals surface area (Å²) < 4.78 is 2.47. The molecule has 2 nitrogen and oxygen atoms in total. The predicted molar refractivity (Wildman–Crippen MR) is 203 cm³/mol. The maximum Gasteiger partial charge on any atom is 0.0547 e. The number of nitrogens with zero attached hydrogens (tertiary/aromatic N) is 2. The average molecular weight is 617 g/mol. The van der Waals surface area contributed by atoms with E-state index in [0.29, 0.717) is 0 Å². The van der Waals surface area contributed by atoms with E-state index in [1.165, 1.54) is 88.7 Å². The molecular weight excluding hydrogens is 581 g/mol. The largest absolute Gasteiger partial charge is 0.310 e. The summed E-state index contributed by atoms with van der Waals surface area (Å²) >= 11 is 0. The van der Waals surface area contributed by atoms with E-state index in [4.69, 9.17) is 0 Å². The Kier molecular flexibility index (Phi) is 5.44. The second-order valence-corrected chi connectivity index (χ2v) is 14.6. The standard InChI is InChI=1S/C46H36N2/c1-45(2)36-19-11-10-18-33(36)34-24-23-31(26-38(34)45)48-40-21-13-12-20-37(40)46(3,4)39-28-42-35(27-43(39)48)44-32-17-9-8-14-29(32)22-25-41(44)47(42)30-15-6-5-7-16-30/h5-28H,1-4H3. The molecule has 2 heterocycles. The first-order chi connectivity index (χ1) is 23.3. The highest BCUT2D eigenvalue weighted by Crippen LogP contribution is 2.56. The Hall–Kier alpha value is -5.60. The van der Waals surface area contributed by atoms with Crippen LogP contribution in [-0.4, -0.2) is 4.57 Å². The number of aromatic nitrogens is 1. The quantitative estimate of drug-likeness (QED) is 0.188. The predicted octanol–water partition coefficient (Wildman–Crippen LogP) is 12.4. The maximum atomic E-state index is 2.53. The Morgan fingerprint density at radius 2 is 1.10 bits per heavy atom. The minimum absolute atomic E-state index is 0.0781. The fraction of sp³-hybridized carbons (Fsp3) is 0.130. The van der Waals surface area contributed by atoms with Crippen LogP contribution < -0.4 is 4.90 Å². The molecular formula is C46H36N2. The highest BCUT2D eigenvalue weighted by Gasteiger charge is 2.40. The zero-order chi connectivity index (χ0) is 32.4. The third kappa shape index (κ3) is 3.52. The molecule has 1 aliphatic carbocycles. The summed E-state index contributed by atoms with van der Waals surface area (Å²) in [5, 5.41) is 5.13. The molecule has 0 atom stereocenters. The molecule has 7 aromatic carbocycles. The number of hydrogen-bond donors (Lipinski definition) is 0. The average Bonchev–Trinajstić information content (AvgIpc) is 3.56. The van der Waals surface area contributed by atoms with Crippen LogP contribution in [0.2, 0.25) is 0 Å². The molecule has 0 saturated carbocycles. The third-order valence-corrected chi connectivity index (χ3v) is 11.3. The van der Waals surface area contributed by atoms with Crippen LogP contribution in [0.3, 0.4) is 0 Å². The van der Waals surface area contributed by atoms with Crippen LogP contribution in [0, 0.1) is 0 Å². The van der Waals surface area contributed by atoms with Crippen molar-refractivity contribution in [1.29, 1.82) is 0 Å². The van der Waals surface area contributed by atoms with E-state index in [1.807, 2.05) is 0 Å². The van der Waals surface area contributed by atoms with Gasteiger partial charge in [-0.3, -0.25) is 0 Å². The number of fused-ring (bicyclic) bond motifs is 10. The lowest BCUT2D eigenvalue weighted by Gasteiger charge is -2.42. The molecule has 2 heteroatoms. The molecule has 230 valence electrons. The monoisotopic (exact) mass is 616 g/mol. The van der Waals surface area contributed by atoms with E-state index in [-0.39, 0.29) is 10.8 Å². The number of benzene rings is 7. The van der Waals surface area contributed by atoms with E-state index in [0.717, 1.165) is 0 Å². The Morgan fingerprint density at radius 1 is 0.417 bits per heavy atom. The summed E-state index contributed by atoms with van der Waals surface area (Å²) in [5.74, 6) is 0. The van der Waals surface area contributed by atoms with Crippen molar-refractivity contribution in [3.63, 3.8) is 0 Å². The van der Waals surface area contributed by atoms with Gasteiger partial charge in [-0.15, -0.1) is 0 Å². The van der Waals surface area contributed by atoms with E-state index in [1.54, 1.807) is 0 Å². The molecule has 0 amide bonds. The van der Waals surface area contributed by atoms with Crippen molar-refractivity contribution >= 4 is 49.6 Å². The molecule has 0 bridgehead atoms. The Labute approximate surface area is 281 Å². The minimum atomic E-state index is -0.205. The van der Waals surface area contributed by atoms with Crippen LogP contribution >= 0.6 is 0 Å². The van der Waals surface area contributed by atoms with Crippen molar-refractivity contribution in [2.75, 3.05) is 4.90 Å². The molecule has 48 heavy (non-hydrogen) atoms. The summed E-state index contributed by atoms with van der Waals surface area (Å²) in [6.45, 7) is 9.52. The molecule has 1 aliphatic heterocycles. The molecule has 2 aliphatic rings. The van der Waals surface area contributed by atoms with Gasteiger partial charge in [-0.1, -0.05) is 125 Å². The van der Waals surface area contributed by atoms with E-state index < -0.39 is 0 Å². The van der Waals surface area contributed by atoms with Crippen LogP contribution in [-0.2, 0) is 10.8 Å². The van der Waals surface area contributed by atoms with Gasteiger partial charge in [0.1, 0.15) is 0 Å². The van der Waals surface area contributed by atoms with Gasteiger partial charge in [0.2, 0.25) is 0 Å². The van der Waals surface area contributed by atoms with Crippen molar-refractivity contribution in [2.24, 2.45) is 0 Å². The first-order valence-corrected chi connectivity index (χ1v) is 17.0. The molecule has 0 N–H and O–H groups in total. The summed E-state index contributed by atoms with van der Waals surface area (Å²) in [6, 6.07) is 54.3. The molecule has 0 spiro atoms. The second kappa shape index (κ2) is 9.49. The molecule has 8 aromatic rings. The van der Waals surface area contributed by atoms with Crippen molar-refractivity contribution in [3.05, 3.63) is 168 Å².